The van der Waals surface area contributed by atoms with Gasteiger partial charge in [-0.2, -0.15) is 4.98 Å². The summed E-state index contributed by atoms with van der Waals surface area (Å²) in [6.45, 7) is 10.1. The molecule has 1 aliphatic rings. The van der Waals surface area contributed by atoms with Crippen LogP contribution in [0.1, 0.15) is 20.8 Å². The minimum atomic E-state index is -0.325. The van der Waals surface area contributed by atoms with Crippen molar-refractivity contribution in [3.8, 4) is 11.8 Å². The summed E-state index contributed by atoms with van der Waals surface area (Å²) in [4.78, 5) is 32.5. The molecule has 0 amide bonds. The van der Waals surface area contributed by atoms with E-state index in [9.17, 15) is 9.59 Å². The number of rotatable bonds is 4. The highest BCUT2D eigenvalue weighted by molar-refractivity contribution is 5.75. The molecule has 3 heterocycles. The molecule has 1 saturated heterocycles. The van der Waals surface area contributed by atoms with Crippen molar-refractivity contribution in [2.24, 2.45) is 13.0 Å². The van der Waals surface area contributed by atoms with Crippen LogP contribution in [0.25, 0.3) is 11.2 Å². The normalized spacial score (nSPS) is 14.7. The van der Waals surface area contributed by atoms with Crippen LogP contribution < -0.4 is 21.5 Å². The summed E-state index contributed by atoms with van der Waals surface area (Å²) in [5, 5.41) is 3.32. The molecule has 8 nitrogen and oxygen atoms in total. The van der Waals surface area contributed by atoms with Gasteiger partial charge in [-0.1, -0.05) is 19.8 Å². The third kappa shape index (κ3) is 3.15. The molecule has 0 aliphatic carbocycles. The van der Waals surface area contributed by atoms with Gasteiger partial charge in [0.25, 0.3) is 5.56 Å². The van der Waals surface area contributed by atoms with Crippen LogP contribution in [0.4, 0.5) is 5.95 Å². The Bertz CT molecular complexity index is 979. The van der Waals surface area contributed by atoms with Crippen LogP contribution in [0, 0.1) is 17.8 Å². The minimum absolute atomic E-state index is 0.261. The van der Waals surface area contributed by atoms with Gasteiger partial charge in [-0.25, -0.2) is 4.79 Å². The Kier molecular flexibility index (Phi) is 5.18. The number of hydrogen-bond acceptors (Lipinski definition) is 5. The van der Waals surface area contributed by atoms with Crippen molar-refractivity contribution in [1.82, 2.24) is 24.0 Å². The van der Waals surface area contributed by atoms with Crippen molar-refractivity contribution in [3.05, 3.63) is 20.8 Å². The second-order valence-electron chi connectivity index (χ2n) is 6.99. The van der Waals surface area contributed by atoms with E-state index < -0.39 is 0 Å². The number of nitrogens with one attached hydrogen (secondary N) is 1. The number of imidazole rings is 1. The monoisotopic (exact) mass is 358 g/mol. The van der Waals surface area contributed by atoms with Gasteiger partial charge in [0.2, 0.25) is 5.95 Å². The largest absolute Gasteiger partial charge is 0.340 e. The summed E-state index contributed by atoms with van der Waals surface area (Å²) in [6, 6.07) is 0. The van der Waals surface area contributed by atoms with Gasteiger partial charge in [-0.3, -0.25) is 18.5 Å². The third-order valence-electron chi connectivity index (χ3n) is 4.57. The predicted octanol–water partition coefficient (Wildman–Crippen LogP) is -0.0144. The molecule has 2 aromatic heterocycles. The Labute approximate surface area is 152 Å². The van der Waals surface area contributed by atoms with E-state index in [4.69, 9.17) is 4.98 Å². The van der Waals surface area contributed by atoms with Crippen molar-refractivity contribution in [2.45, 2.75) is 33.9 Å². The summed E-state index contributed by atoms with van der Waals surface area (Å²) in [6.07, 6.45) is 0. The van der Waals surface area contributed by atoms with E-state index >= 15 is 0 Å². The average Bonchev–Trinajstić information content (AvgIpc) is 3.01. The molecule has 1 N–H and O–H groups in total. The fourth-order valence-corrected chi connectivity index (χ4v) is 3.29. The number of nitrogens with zero attached hydrogens (tertiary/aromatic N) is 5. The third-order valence-corrected chi connectivity index (χ3v) is 4.57. The van der Waals surface area contributed by atoms with Gasteiger partial charge < -0.3 is 10.2 Å². The lowest BCUT2D eigenvalue weighted by Crippen LogP contribution is -2.44. The second kappa shape index (κ2) is 7.38. The molecule has 3 rings (SSSR count). The molecule has 140 valence electrons. The zero-order chi connectivity index (χ0) is 18.8. The summed E-state index contributed by atoms with van der Waals surface area (Å²) >= 11 is 0. The van der Waals surface area contributed by atoms with E-state index in [0.29, 0.717) is 30.2 Å². The van der Waals surface area contributed by atoms with Crippen LogP contribution in [0.2, 0.25) is 0 Å². The smallest absolute Gasteiger partial charge is 0.332 e. The first kappa shape index (κ1) is 18.3. The van der Waals surface area contributed by atoms with Gasteiger partial charge in [-0.15, -0.1) is 5.92 Å². The van der Waals surface area contributed by atoms with Crippen LogP contribution in [-0.2, 0) is 20.1 Å². The average molecular weight is 358 g/mol. The molecule has 2 aromatic rings. The molecule has 0 aromatic carbocycles. The van der Waals surface area contributed by atoms with Gasteiger partial charge in [0.1, 0.15) is 0 Å². The van der Waals surface area contributed by atoms with Crippen LogP contribution in [0.15, 0.2) is 9.59 Å². The first-order chi connectivity index (χ1) is 12.5. The molecular weight excluding hydrogens is 332 g/mol. The quantitative estimate of drug-likeness (QED) is 0.778. The summed E-state index contributed by atoms with van der Waals surface area (Å²) < 4.78 is 4.64. The maximum Gasteiger partial charge on any atom is 0.332 e. The van der Waals surface area contributed by atoms with Gasteiger partial charge in [-0.05, 0) is 12.8 Å². The van der Waals surface area contributed by atoms with Crippen LogP contribution >= 0.6 is 0 Å². The van der Waals surface area contributed by atoms with Gasteiger partial charge in [0.15, 0.2) is 11.2 Å². The van der Waals surface area contributed by atoms with Gasteiger partial charge in [0.05, 0.1) is 6.54 Å². The Morgan fingerprint density at radius 2 is 1.88 bits per heavy atom. The summed E-state index contributed by atoms with van der Waals surface area (Å²) in [7, 11) is 1.52. The van der Waals surface area contributed by atoms with Crippen molar-refractivity contribution >= 4 is 17.1 Å². The van der Waals surface area contributed by atoms with E-state index in [1.165, 1.54) is 11.6 Å². The van der Waals surface area contributed by atoms with Crippen molar-refractivity contribution in [3.63, 3.8) is 0 Å². The Hall–Kier alpha value is -2.53. The molecule has 0 atom stereocenters. The molecule has 1 fully saturated rings. The molecule has 1 aliphatic heterocycles. The minimum Gasteiger partial charge on any atom is -0.340 e. The fourth-order valence-electron chi connectivity index (χ4n) is 3.29. The van der Waals surface area contributed by atoms with Gasteiger partial charge >= 0.3 is 5.69 Å². The highest BCUT2D eigenvalue weighted by atomic mass is 16.2. The van der Waals surface area contributed by atoms with E-state index in [1.807, 2.05) is 18.4 Å². The number of aromatic nitrogens is 4. The van der Waals surface area contributed by atoms with E-state index in [-0.39, 0.29) is 17.2 Å². The lowest BCUT2D eigenvalue weighted by molar-refractivity contribution is 0.500. The SMILES string of the molecule is CC#CCn1c(N2CCNCC2)nc2c1c(=O)n(C)c(=O)n2CC(C)C. The van der Waals surface area contributed by atoms with Crippen LogP contribution in [0.3, 0.4) is 0 Å². The Balaban J connectivity index is 2.33. The number of hydrogen-bond donors (Lipinski definition) is 1. The topological polar surface area (TPSA) is 77.1 Å². The predicted molar refractivity (Wildman–Crippen MR) is 103 cm³/mol. The fraction of sp³-hybridized carbons (Fsp3) is 0.611. The molecule has 0 radical (unpaired) electrons. The number of anilines is 1. The van der Waals surface area contributed by atoms with Crippen molar-refractivity contribution < 1.29 is 0 Å². The zero-order valence-electron chi connectivity index (χ0n) is 15.9. The van der Waals surface area contributed by atoms with Crippen molar-refractivity contribution in [1.29, 1.82) is 0 Å². The lowest BCUT2D eigenvalue weighted by atomic mass is 10.2. The van der Waals surface area contributed by atoms with E-state index in [0.717, 1.165) is 26.2 Å². The maximum atomic E-state index is 12.9. The molecule has 8 heteroatoms. The second-order valence-corrected chi connectivity index (χ2v) is 6.99. The highest BCUT2D eigenvalue weighted by Crippen LogP contribution is 2.20. The molecule has 26 heavy (non-hydrogen) atoms. The van der Waals surface area contributed by atoms with Crippen LogP contribution in [0.5, 0.6) is 0 Å². The summed E-state index contributed by atoms with van der Waals surface area (Å²) in [5.41, 5.74) is 0.258. The molecule has 0 bridgehead atoms. The molecule has 0 unspecified atom stereocenters. The molecule has 0 spiro atoms. The maximum absolute atomic E-state index is 12.9. The zero-order valence-corrected chi connectivity index (χ0v) is 15.9. The van der Waals surface area contributed by atoms with E-state index in [1.54, 1.807) is 11.5 Å². The molecule has 0 saturated carbocycles. The van der Waals surface area contributed by atoms with Crippen molar-refractivity contribution in [2.75, 3.05) is 31.1 Å². The highest BCUT2D eigenvalue weighted by Gasteiger charge is 2.24. The first-order valence-electron chi connectivity index (χ1n) is 9.01. The van der Waals surface area contributed by atoms with E-state index in [2.05, 4.69) is 22.1 Å². The Morgan fingerprint density at radius 1 is 1.19 bits per heavy atom. The molecular formula is C18H26N6O2. The van der Waals surface area contributed by atoms with Crippen LogP contribution in [-0.4, -0.2) is 44.9 Å². The number of piperazine rings is 1. The standard InChI is InChI=1S/C18H26N6O2/c1-5-6-9-23-14-15(20-17(23)22-10-7-19-8-11-22)24(12-13(2)3)18(26)21(4)16(14)25/h13,19H,7-12H2,1-4H3. The first-order valence-corrected chi connectivity index (χ1v) is 9.01. The Morgan fingerprint density at radius 3 is 2.50 bits per heavy atom. The summed E-state index contributed by atoms with van der Waals surface area (Å²) in [5.74, 6) is 6.90. The lowest BCUT2D eigenvalue weighted by Gasteiger charge is -2.28. The van der Waals surface area contributed by atoms with Gasteiger partial charge in [0, 0.05) is 39.8 Å². The number of fused-ring (bicyclic) bond motifs is 1.